The third-order valence-corrected chi connectivity index (χ3v) is 5.10. The number of carbonyl (C=O) groups is 3. The molecular formula is C20H17BrO4. The van der Waals surface area contributed by atoms with Crippen molar-refractivity contribution >= 4 is 33.5 Å². The van der Waals surface area contributed by atoms with Gasteiger partial charge in [0.2, 0.25) is 0 Å². The SMILES string of the molecule is CC(=O)[C@H]1C(=O)Oc2ccc(Br)cc2[C@H]1[C@H](C)C(=O)c1ccccc1. The molecule has 0 radical (unpaired) electrons. The van der Waals surface area contributed by atoms with Crippen LogP contribution in [0.3, 0.4) is 0 Å². The number of rotatable bonds is 4. The third-order valence-electron chi connectivity index (χ3n) is 4.60. The van der Waals surface area contributed by atoms with E-state index in [1.807, 2.05) is 12.1 Å². The Bertz CT molecular complexity index is 844. The quantitative estimate of drug-likeness (QED) is 0.334. The molecular weight excluding hydrogens is 384 g/mol. The Balaban J connectivity index is 2.09. The fourth-order valence-electron chi connectivity index (χ4n) is 3.38. The minimum Gasteiger partial charge on any atom is -0.426 e. The molecule has 5 heteroatoms. The lowest BCUT2D eigenvalue weighted by Crippen LogP contribution is -2.40. The topological polar surface area (TPSA) is 60.4 Å². The Labute approximate surface area is 154 Å². The molecule has 0 aromatic heterocycles. The number of fused-ring (bicyclic) bond motifs is 1. The van der Waals surface area contributed by atoms with Crippen molar-refractivity contribution in [3.63, 3.8) is 0 Å². The second-order valence-electron chi connectivity index (χ2n) is 6.24. The molecule has 25 heavy (non-hydrogen) atoms. The number of ketones is 2. The highest BCUT2D eigenvalue weighted by Gasteiger charge is 2.45. The van der Waals surface area contributed by atoms with E-state index in [2.05, 4.69) is 15.9 Å². The van der Waals surface area contributed by atoms with Gasteiger partial charge in [0.05, 0.1) is 0 Å². The molecule has 3 atom stereocenters. The first kappa shape index (κ1) is 17.5. The number of benzene rings is 2. The van der Waals surface area contributed by atoms with Crippen LogP contribution in [0.25, 0.3) is 0 Å². The molecule has 0 unspecified atom stereocenters. The highest BCUT2D eigenvalue weighted by molar-refractivity contribution is 9.10. The molecule has 3 rings (SSSR count). The van der Waals surface area contributed by atoms with Crippen LogP contribution < -0.4 is 4.74 Å². The van der Waals surface area contributed by atoms with Crippen LogP contribution in [0.5, 0.6) is 5.75 Å². The molecule has 2 aromatic carbocycles. The fraction of sp³-hybridized carbons (Fsp3) is 0.250. The molecule has 1 heterocycles. The summed E-state index contributed by atoms with van der Waals surface area (Å²) in [5.74, 6) is -2.67. The van der Waals surface area contributed by atoms with Crippen LogP contribution in [-0.2, 0) is 9.59 Å². The molecule has 0 saturated carbocycles. The molecule has 1 aliphatic heterocycles. The molecule has 1 aliphatic rings. The summed E-state index contributed by atoms with van der Waals surface area (Å²) in [4.78, 5) is 37.5. The van der Waals surface area contributed by atoms with Gasteiger partial charge in [0.25, 0.3) is 0 Å². The van der Waals surface area contributed by atoms with Crippen LogP contribution in [0.2, 0.25) is 0 Å². The maximum absolute atomic E-state index is 12.9. The van der Waals surface area contributed by atoms with E-state index in [1.165, 1.54) is 6.92 Å². The Morgan fingerprint density at radius 2 is 1.80 bits per heavy atom. The van der Waals surface area contributed by atoms with Crippen molar-refractivity contribution in [3.8, 4) is 5.75 Å². The van der Waals surface area contributed by atoms with Gasteiger partial charge in [0.1, 0.15) is 17.5 Å². The van der Waals surface area contributed by atoms with E-state index in [1.54, 1.807) is 43.3 Å². The number of halogens is 1. The van der Waals surface area contributed by atoms with Crippen molar-refractivity contribution in [2.45, 2.75) is 19.8 Å². The first-order chi connectivity index (χ1) is 11.9. The molecule has 128 valence electrons. The van der Waals surface area contributed by atoms with Gasteiger partial charge in [-0.2, -0.15) is 0 Å². The molecule has 0 aliphatic carbocycles. The number of esters is 1. The van der Waals surface area contributed by atoms with E-state index in [4.69, 9.17) is 4.74 Å². The Hall–Kier alpha value is -2.27. The van der Waals surface area contributed by atoms with E-state index in [0.717, 1.165) is 4.47 Å². The van der Waals surface area contributed by atoms with Crippen LogP contribution in [0.1, 0.15) is 35.7 Å². The van der Waals surface area contributed by atoms with Gasteiger partial charge in [-0.25, -0.2) is 0 Å². The van der Waals surface area contributed by atoms with Crippen LogP contribution in [0.15, 0.2) is 53.0 Å². The lowest BCUT2D eigenvalue weighted by molar-refractivity contribution is -0.146. The number of Topliss-reactive ketones (excluding diaryl/α,β-unsaturated/α-hetero) is 2. The second kappa shape index (κ2) is 6.92. The molecule has 0 N–H and O–H groups in total. The molecule has 2 aromatic rings. The molecule has 0 saturated heterocycles. The lowest BCUT2D eigenvalue weighted by atomic mass is 9.72. The van der Waals surface area contributed by atoms with Gasteiger partial charge in [-0.1, -0.05) is 53.2 Å². The highest BCUT2D eigenvalue weighted by Crippen LogP contribution is 2.44. The van der Waals surface area contributed by atoms with Crippen molar-refractivity contribution in [2.24, 2.45) is 11.8 Å². The predicted molar refractivity (Wildman–Crippen MR) is 96.6 cm³/mol. The normalized spacial score (nSPS) is 20.4. The van der Waals surface area contributed by atoms with Crippen LogP contribution in [-0.4, -0.2) is 17.5 Å². The van der Waals surface area contributed by atoms with Gasteiger partial charge in [0.15, 0.2) is 5.78 Å². The highest BCUT2D eigenvalue weighted by atomic mass is 79.9. The summed E-state index contributed by atoms with van der Waals surface area (Å²) in [6.45, 7) is 3.13. The van der Waals surface area contributed by atoms with Gasteiger partial charge >= 0.3 is 5.97 Å². The monoisotopic (exact) mass is 400 g/mol. The average Bonchev–Trinajstić information content (AvgIpc) is 2.60. The Morgan fingerprint density at radius 3 is 2.44 bits per heavy atom. The van der Waals surface area contributed by atoms with Crippen molar-refractivity contribution in [2.75, 3.05) is 0 Å². The van der Waals surface area contributed by atoms with Crippen molar-refractivity contribution in [1.29, 1.82) is 0 Å². The number of carbonyl (C=O) groups excluding carboxylic acids is 3. The zero-order valence-corrected chi connectivity index (χ0v) is 15.4. The minimum absolute atomic E-state index is 0.0996. The standard InChI is InChI=1S/C20H17BrO4/c1-11(19(23)13-6-4-3-5-7-13)17-15-10-14(21)8-9-16(15)25-20(24)18(17)12(2)22/h3-11,17-18H,1-2H3/t11-,17+,18+/m0/s1. The van der Waals surface area contributed by atoms with E-state index in [-0.39, 0.29) is 11.6 Å². The molecule has 0 spiro atoms. The minimum atomic E-state index is -0.982. The van der Waals surface area contributed by atoms with Crippen molar-refractivity contribution in [1.82, 2.24) is 0 Å². The Kier molecular flexibility index (Phi) is 4.86. The maximum atomic E-state index is 12.9. The largest absolute Gasteiger partial charge is 0.426 e. The molecule has 0 fully saturated rings. The van der Waals surface area contributed by atoms with E-state index >= 15 is 0 Å². The predicted octanol–water partition coefficient (Wildman–Crippen LogP) is 4.18. The summed E-state index contributed by atoms with van der Waals surface area (Å²) < 4.78 is 6.14. The Morgan fingerprint density at radius 1 is 1.12 bits per heavy atom. The molecule has 4 nitrogen and oxygen atoms in total. The van der Waals surface area contributed by atoms with Crippen LogP contribution >= 0.6 is 15.9 Å². The number of ether oxygens (including phenoxy) is 1. The third kappa shape index (κ3) is 3.29. The van der Waals surface area contributed by atoms with Crippen LogP contribution in [0.4, 0.5) is 0 Å². The van der Waals surface area contributed by atoms with Crippen molar-refractivity contribution < 1.29 is 19.1 Å². The zero-order valence-electron chi connectivity index (χ0n) is 13.9. The van der Waals surface area contributed by atoms with E-state index in [9.17, 15) is 14.4 Å². The van der Waals surface area contributed by atoms with Gasteiger partial charge < -0.3 is 4.74 Å². The van der Waals surface area contributed by atoms with Gasteiger partial charge in [-0.15, -0.1) is 0 Å². The second-order valence-corrected chi connectivity index (χ2v) is 7.15. The van der Waals surface area contributed by atoms with E-state index in [0.29, 0.717) is 16.9 Å². The van der Waals surface area contributed by atoms with Gasteiger partial charge in [0, 0.05) is 27.4 Å². The van der Waals surface area contributed by atoms with Gasteiger partial charge in [-0.05, 0) is 25.1 Å². The lowest BCUT2D eigenvalue weighted by Gasteiger charge is -2.34. The van der Waals surface area contributed by atoms with Crippen molar-refractivity contribution in [3.05, 3.63) is 64.1 Å². The zero-order chi connectivity index (χ0) is 18.1. The smallest absolute Gasteiger partial charge is 0.322 e. The first-order valence-electron chi connectivity index (χ1n) is 8.01. The summed E-state index contributed by atoms with van der Waals surface area (Å²) in [5, 5.41) is 0. The average molecular weight is 401 g/mol. The number of hydrogen-bond acceptors (Lipinski definition) is 4. The fourth-order valence-corrected chi connectivity index (χ4v) is 3.75. The van der Waals surface area contributed by atoms with Gasteiger partial charge in [-0.3, -0.25) is 14.4 Å². The van der Waals surface area contributed by atoms with Crippen LogP contribution in [0, 0.1) is 11.8 Å². The molecule has 0 amide bonds. The maximum Gasteiger partial charge on any atom is 0.322 e. The number of hydrogen-bond donors (Lipinski definition) is 0. The molecule has 0 bridgehead atoms. The first-order valence-corrected chi connectivity index (χ1v) is 8.80. The summed E-state index contributed by atoms with van der Waals surface area (Å²) in [5.41, 5.74) is 1.26. The summed E-state index contributed by atoms with van der Waals surface area (Å²) in [6.07, 6.45) is 0. The summed E-state index contributed by atoms with van der Waals surface area (Å²) in [6, 6.07) is 14.2. The summed E-state index contributed by atoms with van der Waals surface area (Å²) >= 11 is 3.41. The summed E-state index contributed by atoms with van der Waals surface area (Å²) in [7, 11) is 0. The van der Waals surface area contributed by atoms with E-state index < -0.39 is 23.7 Å².